The van der Waals surface area contributed by atoms with Crippen molar-refractivity contribution in [1.29, 1.82) is 0 Å². The van der Waals surface area contributed by atoms with Crippen LogP contribution < -0.4 is 5.14 Å². The van der Waals surface area contributed by atoms with Crippen LogP contribution in [0.2, 0.25) is 0 Å². The molecule has 0 radical (unpaired) electrons. The molecule has 3 N–H and O–H groups in total. The minimum atomic E-state index is -4.21. The van der Waals surface area contributed by atoms with E-state index >= 15 is 0 Å². The molecule has 2 aromatic carbocycles. The number of carbonyl (C=O) groups is 2. The van der Waals surface area contributed by atoms with Gasteiger partial charge in [0, 0.05) is 24.2 Å². The normalized spacial score (nSPS) is 16.7. The summed E-state index contributed by atoms with van der Waals surface area (Å²) in [6.07, 6.45) is 0. The fraction of sp³-hybridized carbons (Fsp3) is 0.348. The third kappa shape index (κ3) is 4.97. The van der Waals surface area contributed by atoms with Gasteiger partial charge in [-0.2, -0.15) is 10.1 Å². The number of hydrogen-bond donors (Lipinski definition) is 2. The van der Waals surface area contributed by atoms with E-state index in [1.54, 1.807) is 18.2 Å². The van der Waals surface area contributed by atoms with E-state index < -0.39 is 32.7 Å². The third-order valence-electron chi connectivity index (χ3n) is 5.56. The average Bonchev–Trinajstić information content (AvgIpc) is 3.06. The van der Waals surface area contributed by atoms with E-state index in [1.807, 2.05) is 27.7 Å². The van der Waals surface area contributed by atoms with E-state index in [1.165, 1.54) is 30.3 Å². The summed E-state index contributed by atoms with van der Waals surface area (Å²) in [5.41, 5.74) is 0.322. The number of amides is 2. The Morgan fingerprint density at radius 1 is 1.09 bits per heavy atom. The van der Waals surface area contributed by atoms with Crippen molar-refractivity contribution < 1.29 is 23.1 Å². The molecule has 0 aliphatic carbocycles. The van der Waals surface area contributed by atoms with E-state index in [2.05, 4.69) is 10.0 Å². The number of benzene rings is 2. The van der Waals surface area contributed by atoms with Crippen LogP contribution in [0.15, 0.2) is 58.5 Å². The molecule has 1 heterocycles. The standard InChI is InChI=1S/C23H28N4O5S/c1-14(2)26(15(3)4)13-18-21(16-9-5-7-11-19(16)28)25-27(23(18)30)22(29)17-10-6-8-12-20(17)33(24,31)32/h5-12,14-15,18,28H,13H2,1-4H3,(H2,24,31,32)/t18-/m0/s1. The molecular formula is C23H28N4O5S. The molecule has 2 aromatic rings. The van der Waals surface area contributed by atoms with Crippen molar-refractivity contribution in [1.82, 2.24) is 9.91 Å². The van der Waals surface area contributed by atoms with E-state index in [-0.39, 0.29) is 35.7 Å². The first-order valence-corrected chi connectivity index (χ1v) is 12.1. The first kappa shape index (κ1) is 24.6. The van der Waals surface area contributed by atoms with Gasteiger partial charge >= 0.3 is 0 Å². The Morgan fingerprint density at radius 2 is 1.67 bits per heavy atom. The quantitative estimate of drug-likeness (QED) is 0.593. The Bertz CT molecular complexity index is 1200. The Kier molecular flexibility index (Phi) is 7.01. The number of nitrogens with zero attached hydrogens (tertiary/aromatic N) is 3. The van der Waals surface area contributed by atoms with Crippen molar-refractivity contribution in [2.45, 2.75) is 44.7 Å². The van der Waals surface area contributed by atoms with Crippen molar-refractivity contribution in [2.24, 2.45) is 16.2 Å². The van der Waals surface area contributed by atoms with Gasteiger partial charge in [-0.25, -0.2) is 13.6 Å². The number of para-hydroxylation sites is 1. The lowest BCUT2D eigenvalue weighted by Gasteiger charge is -2.32. The van der Waals surface area contributed by atoms with Crippen molar-refractivity contribution >= 4 is 27.5 Å². The van der Waals surface area contributed by atoms with Crippen molar-refractivity contribution in [3.05, 3.63) is 59.7 Å². The van der Waals surface area contributed by atoms with Crippen LogP contribution in [-0.4, -0.2) is 59.6 Å². The van der Waals surface area contributed by atoms with Crippen LogP contribution in [0.1, 0.15) is 43.6 Å². The number of phenolic OH excluding ortho intramolecular Hbond substituents is 1. The molecule has 0 saturated heterocycles. The maximum Gasteiger partial charge on any atom is 0.282 e. The SMILES string of the molecule is CC(C)N(C[C@@H]1C(=O)N(C(=O)c2ccccc2S(N)(=O)=O)N=C1c1ccccc1O)C(C)C. The Labute approximate surface area is 193 Å². The van der Waals surface area contributed by atoms with E-state index in [0.717, 1.165) is 0 Å². The van der Waals surface area contributed by atoms with Gasteiger partial charge in [-0.1, -0.05) is 24.3 Å². The summed E-state index contributed by atoms with van der Waals surface area (Å²) in [7, 11) is -4.21. The zero-order valence-corrected chi connectivity index (χ0v) is 19.8. The van der Waals surface area contributed by atoms with Crippen molar-refractivity contribution in [3.63, 3.8) is 0 Å². The molecule has 0 bridgehead atoms. The van der Waals surface area contributed by atoms with Gasteiger partial charge in [-0.15, -0.1) is 0 Å². The summed E-state index contributed by atoms with van der Waals surface area (Å²) in [5.74, 6) is -2.42. The van der Waals surface area contributed by atoms with E-state index in [0.29, 0.717) is 10.6 Å². The molecule has 3 rings (SSSR count). The first-order valence-electron chi connectivity index (χ1n) is 10.6. The number of sulfonamides is 1. The number of imide groups is 1. The van der Waals surface area contributed by atoms with Gasteiger partial charge in [-0.3, -0.25) is 14.5 Å². The highest BCUT2D eigenvalue weighted by molar-refractivity contribution is 7.89. The summed E-state index contributed by atoms with van der Waals surface area (Å²) < 4.78 is 24.0. The topological polar surface area (TPSA) is 133 Å². The summed E-state index contributed by atoms with van der Waals surface area (Å²) in [6.45, 7) is 8.27. The molecule has 0 saturated carbocycles. The summed E-state index contributed by atoms with van der Waals surface area (Å²) >= 11 is 0. The van der Waals surface area contributed by atoms with Gasteiger partial charge in [0.1, 0.15) is 5.75 Å². The molecule has 176 valence electrons. The minimum absolute atomic E-state index is 0.0751. The van der Waals surface area contributed by atoms with Crippen LogP contribution in [0.5, 0.6) is 5.75 Å². The molecule has 10 heteroatoms. The maximum atomic E-state index is 13.5. The molecular weight excluding hydrogens is 444 g/mol. The summed E-state index contributed by atoms with van der Waals surface area (Å²) in [5, 5.41) is 20.6. The van der Waals surface area contributed by atoms with Crippen LogP contribution in [0.25, 0.3) is 0 Å². The summed E-state index contributed by atoms with van der Waals surface area (Å²) in [4.78, 5) is 28.4. The van der Waals surface area contributed by atoms with Gasteiger partial charge < -0.3 is 5.11 Å². The van der Waals surface area contributed by atoms with Gasteiger partial charge in [0.05, 0.1) is 22.1 Å². The van der Waals surface area contributed by atoms with E-state index in [9.17, 15) is 23.1 Å². The van der Waals surface area contributed by atoms with Crippen LogP contribution in [0.4, 0.5) is 0 Å². The van der Waals surface area contributed by atoms with Crippen molar-refractivity contribution in [2.75, 3.05) is 6.54 Å². The van der Waals surface area contributed by atoms with Gasteiger partial charge in [0.15, 0.2) is 0 Å². The number of carbonyl (C=O) groups excluding carboxylic acids is 2. The minimum Gasteiger partial charge on any atom is -0.507 e. The number of rotatable bonds is 7. The average molecular weight is 473 g/mol. The highest BCUT2D eigenvalue weighted by Crippen LogP contribution is 2.30. The maximum absolute atomic E-state index is 13.5. The number of hydrazone groups is 1. The highest BCUT2D eigenvalue weighted by atomic mass is 32.2. The lowest BCUT2D eigenvalue weighted by Crippen LogP contribution is -2.45. The van der Waals surface area contributed by atoms with Gasteiger partial charge in [0.2, 0.25) is 10.0 Å². The Morgan fingerprint density at radius 3 is 2.24 bits per heavy atom. The van der Waals surface area contributed by atoms with E-state index in [4.69, 9.17) is 5.14 Å². The number of nitrogens with two attached hydrogens (primary N) is 1. The molecule has 0 fully saturated rings. The van der Waals surface area contributed by atoms with Crippen molar-refractivity contribution in [3.8, 4) is 5.75 Å². The Hall–Kier alpha value is -3.08. The monoisotopic (exact) mass is 472 g/mol. The van der Waals surface area contributed by atoms with Gasteiger partial charge in [0.25, 0.3) is 11.8 Å². The molecule has 0 aromatic heterocycles. The fourth-order valence-corrected chi connectivity index (χ4v) is 4.70. The lowest BCUT2D eigenvalue weighted by atomic mass is 9.94. The third-order valence-corrected chi connectivity index (χ3v) is 6.53. The number of phenols is 1. The molecule has 1 aliphatic rings. The molecule has 0 unspecified atom stereocenters. The summed E-state index contributed by atoms with van der Waals surface area (Å²) in [6, 6.07) is 12.1. The van der Waals surface area contributed by atoms with Crippen LogP contribution in [0, 0.1) is 5.92 Å². The molecule has 2 amide bonds. The smallest absolute Gasteiger partial charge is 0.282 e. The zero-order chi connectivity index (χ0) is 24.5. The molecule has 1 aliphatic heterocycles. The van der Waals surface area contributed by atoms with Crippen LogP contribution in [0.3, 0.4) is 0 Å². The second-order valence-corrected chi connectivity index (χ2v) is 9.97. The fourth-order valence-electron chi connectivity index (χ4n) is 3.97. The Balaban J connectivity index is 2.10. The second kappa shape index (κ2) is 9.42. The number of aromatic hydroxyl groups is 1. The van der Waals surface area contributed by atoms with Gasteiger partial charge in [-0.05, 0) is 52.0 Å². The number of primary sulfonamides is 1. The molecule has 0 spiro atoms. The first-order chi connectivity index (χ1) is 15.4. The highest BCUT2D eigenvalue weighted by Gasteiger charge is 2.43. The second-order valence-electron chi connectivity index (χ2n) is 8.44. The molecule has 9 nitrogen and oxygen atoms in total. The van der Waals surface area contributed by atoms with Crippen LogP contribution in [-0.2, 0) is 14.8 Å². The van der Waals surface area contributed by atoms with Crippen LogP contribution >= 0.6 is 0 Å². The lowest BCUT2D eigenvalue weighted by molar-refractivity contribution is -0.129. The predicted molar refractivity (Wildman–Crippen MR) is 124 cm³/mol. The molecule has 33 heavy (non-hydrogen) atoms. The largest absolute Gasteiger partial charge is 0.507 e. The number of hydrogen-bond acceptors (Lipinski definition) is 7. The molecule has 1 atom stereocenters. The zero-order valence-electron chi connectivity index (χ0n) is 19.0. The predicted octanol–water partition coefficient (Wildman–Crippen LogP) is 2.16.